The average Bonchev–Trinajstić information content (AvgIpc) is 2.90. The highest BCUT2D eigenvalue weighted by molar-refractivity contribution is 5.94. The molecule has 0 bridgehead atoms. The summed E-state index contributed by atoms with van der Waals surface area (Å²) < 4.78 is 16.3. The molecule has 1 aliphatic carbocycles. The van der Waals surface area contributed by atoms with Crippen molar-refractivity contribution < 1.29 is 9.18 Å². The highest BCUT2D eigenvalue weighted by atomic mass is 19.1. The molecule has 1 atom stereocenters. The molecule has 0 spiro atoms. The largest absolute Gasteiger partial charge is 0.348 e. The van der Waals surface area contributed by atoms with Crippen LogP contribution >= 0.6 is 0 Å². The Bertz CT molecular complexity index is 1520. The Morgan fingerprint density at radius 1 is 1.05 bits per heavy atom. The second-order valence-corrected chi connectivity index (χ2v) is 9.61. The van der Waals surface area contributed by atoms with Gasteiger partial charge >= 0.3 is 0 Å². The number of allylic oxidation sites excluding steroid dienone is 1. The predicted molar refractivity (Wildman–Crippen MR) is 143 cm³/mol. The van der Waals surface area contributed by atoms with Gasteiger partial charge in [-0.05, 0) is 70.8 Å². The first-order valence-corrected chi connectivity index (χ1v) is 12.4. The van der Waals surface area contributed by atoms with E-state index in [9.17, 15) is 14.0 Å². The Labute approximate surface area is 215 Å². The van der Waals surface area contributed by atoms with Gasteiger partial charge in [0.2, 0.25) is 0 Å². The Kier molecular flexibility index (Phi) is 7.08. The van der Waals surface area contributed by atoms with Gasteiger partial charge in [-0.15, -0.1) is 0 Å². The van der Waals surface area contributed by atoms with Crippen LogP contribution in [0.2, 0.25) is 0 Å². The van der Waals surface area contributed by atoms with Gasteiger partial charge in [0.25, 0.3) is 11.5 Å². The number of hydrogen-bond donors (Lipinski definition) is 1. The number of rotatable bonds is 7. The number of carbonyl (C=O) groups is 1. The number of nitrogens with one attached hydrogen (secondary N) is 1. The fourth-order valence-electron chi connectivity index (χ4n) is 4.60. The quantitative estimate of drug-likeness (QED) is 0.387. The van der Waals surface area contributed by atoms with Crippen LogP contribution in [-0.2, 0) is 25.9 Å². The minimum atomic E-state index is -0.297. The number of nitrogens with zero attached hydrogens (tertiary/aromatic N) is 2. The molecule has 1 aliphatic rings. The smallest absolute Gasteiger partial charge is 0.253 e. The van der Waals surface area contributed by atoms with Crippen LogP contribution in [0.25, 0.3) is 6.08 Å². The minimum absolute atomic E-state index is 0.0337. The van der Waals surface area contributed by atoms with Crippen molar-refractivity contribution in [3.05, 3.63) is 140 Å². The summed E-state index contributed by atoms with van der Waals surface area (Å²) >= 11 is 0. The monoisotopic (exact) mass is 493 g/mol. The van der Waals surface area contributed by atoms with Crippen molar-refractivity contribution in [1.29, 1.82) is 0 Å². The highest BCUT2D eigenvalue weighted by Gasteiger charge is 2.15. The van der Waals surface area contributed by atoms with E-state index in [4.69, 9.17) is 0 Å². The third-order valence-corrected chi connectivity index (χ3v) is 6.63. The van der Waals surface area contributed by atoms with Gasteiger partial charge in [-0.25, -0.2) is 4.39 Å². The van der Waals surface area contributed by atoms with Crippen LogP contribution in [0.4, 0.5) is 4.39 Å². The molecule has 1 unspecified atom stereocenters. The summed E-state index contributed by atoms with van der Waals surface area (Å²) in [6, 6.07) is 18.4. The summed E-state index contributed by atoms with van der Waals surface area (Å²) in [5, 5.41) is 2.83. The van der Waals surface area contributed by atoms with E-state index in [1.807, 2.05) is 48.5 Å². The molecule has 186 valence electrons. The summed E-state index contributed by atoms with van der Waals surface area (Å²) in [6.45, 7) is 2.73. The van der Waals surface area contributed by atoms with Crippen LogP contribution in [0, 0.1) is 11.7 Å². The average molecular weight is 494 g/mol. The first-order valence-electron chi connectivity index (χ1n) is 12.4. The lowest BCUT2D eigenvalue weighted by molar-refractivity contribution is 0.0950. The molecule has 6 heteroatoms. The molecule has 5 nitrogen and oxygen atoms in total. The normalized spacial score (nSPS) is 14.3. The molecule has 0 saturated heterocycles. The van der Waals surface area contributed by atoms with Crippen LogP contribution < -0.4 is 10.9 Å². The van der Waals surface area contributed by atoms with Crippen molar-refractivity contribution >= 4 is 12.0 Å². The molecule has 2 aromatic carbocycles. The van der Waals surface area contributed by atoms with Crippen molar-refractivity contribution in [2.75, 3.05) is 0 Å². The first-order chi connectivity index (χ1) is 17.9. The van der Waals surface area contributed by atoms with Gasteiger partial charge in [0, 0.05) is 36.8 Å². The van der Waals surface area contributed by atoms with E-state index in [2.05, 4.69) is 23.3 Å². The number of amides is 1. The predicted octanol–water partition coefficient (Wildman–Crippen LogP) is 5.16. The maximum atomic E-state index is 14.6. The second kappa shape index (κ2) is 10.7. The maximum absolute atomic E-state index is 14.6. The summed E-state index contributed by atoms with van der Waals surface area (Å²) in [6.07, 6.45) is 10.6. The topological polar surface area (TPSA) is 64.0 Å². The lowest BCUT2D eigenvalue weighted by Gasteiger charge is -2.17. The number of fused-ring (bicyclic) bond motifs is 1. The molecule has 0 saturated carbocycles. The number of benzene rings is 2. The summed E-state index contributed by atoms with van der Waals surface area (Å²) in [5.41, 5.74) is 5.88. The Balaban J connectivity index is 1.21. The van der Waals surface area contributed by atoms with E-state index in [-0.39, 0.29) is 23.8 Å². The van der Waals surface area contributed by atoms with E-state index in [0.717, 1.165) is 34.2 Å². The van der Waals surface area contributed by atoms with E-state index in [0.29, 0.717) is 30.0 Å². The third-order valence-electron chi connectivity index (χ3n) is 6.63. The molecule has 0 radical (unpaired) electrons. The molecule has 4 aromatic rings. The zero-order valence-electron chi connectivity index (χ0n) is 20.7. The maximum Gasteiger partial charge on any atom is 0.253 e. The van der Waals surface area contributed by atoms with Gasteiger partial charge in [-0.1, -0.05) is 49.4 Å². The van der Waals surface area contributed by atoms with Gasteiger partial charge in [0.1, 0.15) is 5.82 Å². The minimum Gasteiger partial charge on any atom is -0.348 e. The molecule has 1 N–H and O–H groups in total. The van der Waals surface area contributed by atoms with E-state index in [1.165, 1.54) is 6.20 Å². The van der Waals surface area contributed by atoms with Crippen LogP contribution in [0.3, 0.4) is 0 Å². The standard InChI is InChI=1S/C31H28FN3O2/c1-21-5-10-25-15-27(29(32)16-26(25)12-21)19-34-31(37)28-14-24(17-33-18-28)13-22-6-8-23(9-7-22)20-35-11-3-2-4-30(35)36/h2-11,14-18,21H,12-13,19-20H2,1H3,(H,34,37). The number of carbonyl (C=O) groups excluding carboxylic acids is 1. The molecule has 0 fully saturated rings. The fraction of sp³-hybridized carbons (Fsp3) is 0.194. The second-order valence-electron chi connectivity index (χ2n) is 9.61. The number of aromatic nitrogens is 2. The molecule has 2 aromatic heterocycles. The highest BCUT2D eigenvalue weighted by Crippen LogP contribution is 2.25. The summed E-state index contributed by atoms with van der Waals surface area (Å²) in [7, 11) is 0. The van der Waals surface area contributed by atoms with Gasteiger partial charge in [0.15, 0.2) is 0 Å². The summed E-state index contributed by atoms with van der Waals surface area (Å²) in [4.78, 5) is 29.0. The van der Waals surface area contributed by atoms with E-state index in [1.54, 1.807) is 35.2 Å². The lowest BCUT2D eigenvalue weighted by atomic mass is 9.89. The van der Waals surface area contributed by atoms with Crippen molar-refractivity contribution in [1.82, 2.24) is 14.9 Å². The van der Waals surface area contributed by atoms with Crippen molar-refractivity contribution in [2.24, 2.45) is 5.92 Å². The Morgan fingerprint density at radius 3 is 2.68 bits per heavy atom. The van der Waals surface area contributed by atoms with Crippen molar-refractivity contribution in [3.8, 4) is 0 Å². The van der Waals surface area contributed by atoms with Gasteiger partial charge in [0.05, 0.1) is 12.1 Å². The first kappa shape index (κ1) is 24.4. The van der Waals surface area contributed by atoms with Crippen LogP contribution in [-0.4, -0.2) is 15.5 Å². The van der Waals surface area contributed by atoms with E-state index >= 15 is 0 Å². The van der Waals surface area contributed by atoms with Crippen LogP contribution in [0.15, 0.2) is 90.1 Å². The van der Waals surface area contributed by atoms with E-state index < -0.39 is 0 Å². The molecule has 37 heavy (non-hydrogen) atoms. The fourth-order valence-corrected chi connectivity index (χ4v) is 4.60. The third kappa shape index (κ3) is 5.92. The molecular formula is C31H28FN3O2. The number of hydrogen-bond acceptors (Lipinski definition) is 3. The van der Waals surface area contributed by atoms with Gasteiger partial charge < -0.3 is 9.88 Å². The Morgan fingerprint density at radius 2 is 1.86 bits per heavy atom. The zero-order valence-corrected chi connectivity index (χ0v) is 20.7. The SMILES string of the molecule is CC1C=Cc2cc(CNC(=O)c3cncc(Cc4ccc(Cn5ccccc5=O)cc4)c3)c(F)cc2C1. The molecule has 5 rings (SSSR count). The van der Waals surface area contributed by atoms with Crippen LogP contribution in [0.1, 0.15) is 50.7 Å². The van der Waals surface area contributed by atoms with Crippen LogP contribution in [0.5, 0.6) is 0 Å². The lowest BCUT2D eigenvalue weighted by Crippen LogP contribution is -2.24. The molecule has 2 heterocycles. The van der Waals surface area contributed by atoms with Crippen molar-refractivity contribution in [2.45, 2.75) is 32.9 Å². The van der Waals surface area contributed by atoms with Gasteiger partial charge in [-0.2, -0.15) is 0 Å². The van der Waals surface area contributed by atoms with Crippen molar-refractivity contribution in [3.63, 3.8) is 0 Å². The van der Waals surface area contributed by atoms with Gasteiger partial charge in [-0.3, -0.25) is 14.6 Å². The number of halogens is 1. The molecule has 1 amide bonds. The Hall–Kier alpha value is -4.32. The number of pyridine rings is 2. The molecular weight excluding hydrogens is 465 g/mol. The zero-order chi connectivity index (χ0) is 25.8. The molecule has 0 aliphatic heterocycles. The summed E-state index contributed by atoms with van der Waals surface area (Å²) in [5.74, 6) is -0.191.